The molecule has 0 aliphatic carbocycles. The third-order valence-corrected chi connectivity index (χ3v) is 4.07. The Kier molecular flexibility index (Phi) is 5.77. The summed E-state index contributed by atoms with van der Waals surface area (Å²) in [7, 11) is 0. The van der Waals surface area contributed by atoms with Gasteiger partial charge in [-0.05, 0) is 12.1 Å². The van der Waals surface area contributed by atoms with Gasteiger partial charge in [-0.1, -0.05) is 18.5 Å². The van der Waals surface area contributed by atoms with Crippen molar-refractivity contribution in [2.24, 2.45) is 0 Å². The summed E-state index contributed by atoms with van der Waals surface area (Å²) in [6.07, 6.45) is -9.48. The van der Waals surface area contributed by atoms with Gasteiger partial charge in [0.05, 0.1) is 21.8 Å². The quantitative estimate of drug-likeness (QED) is 0.757. The van der Waals surface area contributed by atoms with Crippen LogP contribution in [0.2, 0.25) is 5.02 Å². The molecule has 0 saturated heterocycles. The van der Waals surface area contributed by atoms with E-state index in [1.165, 1.54) is 13.0 Å². The Bertz CT molecular complexity index is 1010. The van der Waals surface area contributed by atoms with Gasteiger partial charge in [0.25, 0.3) is 5.56 Å². The standard InChI is InChI=1S/C16H10ClF6N3O2/c1-7(6-27)10-5-25-14(16(21,22)23)26(13(10)28)12-8(4-24)2-9(3-11(12)17)15(18,19)20/h2-3,5,7,27H,6H2,1H3. The number of aliphatic hydroxyl groups is 1. The molecule has 0 bridgehead atoms. The number of benzene rings is 1. The molecule has 150 valence electrons. The zero-order chi connectivity index (χ0) is 21.4. The summed E-state index contributed by atoms with van der Waals surface area (Å²) in [5, 5.41) is 17.5. The summed E-state index contributed by atoms with van der Waals surface area (Å²) in [5.41, 5.74) is -4.80. The Hall–Kier alpha value is -2.58. The minimum Gasteiger partial charge on any atom is -0.396 e. The molecule has 0 spiro atoms. The average molecular weight is 426 g/mol. The van der Waals surface area contributed by atoms with E-state index in [1.807, 2.05) is 0 Å². The Morgan fingerprint density at radius 1 is 1.25 bits per heavy atom. The van der Waals surface area contributed by atoms with Crippen molar-refractivity contribution in [1.29, 1.82) is 5.26 Å². The second kappa shape index (κ2) is 7.44. The Morgan fingerprint density at radius 3 is 2.32 bits per heavy atom. The van der Waals surface area contributed by atoms with Gasteiger partial charge in [-0.15, -0.1) is 0 Å². The summed E-state index contributed by atoms with van der Waals surface area (Å²) < 4.78 is 78.9. The van der Waals surface area contributed by atoms with Crippen LogP contribution in [0.4, 0.5) is 26.3 Å². The van der Waals surface area contributed by atoms with Crippen LogP contribution in [0.25, 0.3) is 5.69 Å². The van der Waals surface area contributed by atoms with Crippen molar-refractivity contribution in [3.8, 4) is 11.8 Å². The lowest BCUT2D eigenvalue weighted by Crippen LogP contribution is -2.32. The van der Waals surface area contributed by atoms with Crippen LogP contribution in [0.15, 0.2) is 23.1 Å². The Balaban J connectivity index is 2.98. The maximum absolute atomic E-state index is 13.4. The van der Waals surface area contributed by atoms with Gasteiger partial charge in [-0.25, -0.2) is 4.98 Å². The fourth-order valence-corrected chi connectivity index (χ4v) is 2.69. The molecule has 0 radical (unpaired) electrons. The van der Waals surface area contributed by atoms with E-state index in [0.717, 1.165) is 0 Å². The Labute approximate surface area is 158 Å². The van der Waals surface area contributed by atoms with Crippen molar-refractivity contribution < 1.29 is 31.4 Å². The molecule has 0 amide bonds. The van der Waals surface area contributed by atoms with Crippen LogP contribution in [0, 0.1) is 11.3 Å². The smallest absolute Gasteiger partial charge is 0.396 e. The lowest BCUT2D eigenvalue weighted by Gasteiger charge is -2.19. The fourth-order valence-electron chi connectivity index (χ4n) is 2.39. The molecular weight excluding hydrogens is 416 g/mol. The van der Waals surface area contributed by atoms with Gasteiger partial charge in [0.15, 0.2) is 0 Å². The summed E-state index contributed by atoms with van der Waals surface area (Å²) in [5.74, 6) is -2.70. The number of alkyl halides is 6. The highest BCUT2D eigenvalue weighted by atomic mass is 35.5. The number of aromatic nitrogens is 2. The molecule has 2 rings (SSSR count). The average Bonchev–Trinajstić information content (AvgIpc) is 2.58. The van der Waals surface area contributed by atoms with Crippen molar-refractivity contribution in [2.45, 2.75) is 25.2 Å². The van der Waals surface area contributed by atoms with E-state index in [1.54, 1.807) is 0 Å². The van der Waals surface area contributed by atoms with E-state index in [0.29, 0.717) is 12.3 Å². The maximum Gasteiger partial charge on any atom is 0.450 e. The van der Waals surface area contributed by atoms with Crippen LogP contribution in [0.1, 0.15) is 35.4 Å². The van der Waals surface area contributed by atoms with Crippen LogP contribution in [-0.2, 0) is 12.4 Å². The highest BCUT2D eigenvalue weighted by Gasteiger charge is 2.39. The second-order valence-electron chi connectivity index (χ2n) is 5.72. The SMILES string of the molecule is CC(CO)c1cnc(C(F)(F)F)n(-c2c(Cl)cc(C(F)(F)F)cc2C#N)c1=O. The molecule has 0 aliphatic rings. The van der Waals surface area contributed by atoms with Crippen molar-refractivity contribution in [3.63, 3.8) is 0 Å². The molecule has 1 unspecified atom stereocenters. The molecule has 1 aromatic carbocycles. The molecule has 0 aliphatic heterocycles. The van der Waals surface area contributed by atoms with Crippen LogP contribution in [0.5, 0.6) is 0 Å². The number of rotatable bonds is 3. The van der Waals surface area contributed by atoms with Crippen LogP contribution in [0.3, 0.4) is 0 Å². The molecule has 0 saturated carbocycles. The number of halogens is 7. The van der Waals surface area contributed by atoms with Gasteiger partial charge in [0.2, 0.25) is 5.82 Å². The predicted molar refractivity (Wildman–Crippen MR) is 85.1 cm³/mol. The van der Waals surface area contributed by atoms with Gasteiger partial charge in [-0.2, -0.15) is 31.6 Å². The number of hydrogen-bond acceptors (Lipinski definition) is 4. The number of nitrogens with zero attached hydrogens (tertiary/aromatic N) is 3. The first-order chi connectivity index (χ1) is 12.8. The highest BCUT2D eigenvalue weighted by Crippen LogP contribution is 2.37. The van der Waals surface area contributed by atoms with E-state index in [9.17, 15) is 41.5 Å². The topological polar surface area (TPSA) is 78.9 Å². The predicted octanol–water partition coefficient (Wildman–Crippen LogP) is 3.89. The van der Waals surface area contributed by atoms with E-state index in [4.69, 9.17) is 11.6 Å². The number of nitriles is 1. The minimum absolute atomic E-state index is 0.0530. The van der Waals surface area contributed by atoms with Crippen LogP contribution in [-0.4, -0.2) is 21.3 Å². The zero-order valence-corrected chi connectivity index (χ0v) is 14.6. The molecule has 0 fully saturated rings. The van der Waals surface area contributed by atoms with Crippen molar-refractivity contribution in [2.75, 3.05) is 6.61 Å². The van der Waals surface area contributed by atoms with Gasteiger partial charge < -0.3 is 5.11 Å². The number of aliphatic hydroxyl groups excluding tert-OH is 1. The van der Waals surface area contributed by atoms with Crippen LogP contribution < -0.4 is 5.56 Å². The monoisotopic (exact) mass is 425 g/mol. The fraction of sp³-hybridized carbons (Fsp3) is 0.312. The third-order valence-electron chi connectivity index (χ3n) is 3.78. The van der Waals surface area contributed by atoms with Gasteiger partial charge >= 0.3 is 12.4 Å². The third kappa shape index (κ3) is 3.98. The summed E-state index contributed by atoms with van der Waals surface area (Å²) in [6, 6.07) is 1.93. The van der Waals surface area contributed by atoms with Gasteiger partial charge in [0.1, 0.15) is 6.07 Å². The van der Waals surface area contributed by atoms with Crippen molar-refractivity contribution >= 4 is 11.6 Å². The molecule has 12 heteroatoms. The first-order valence-corrected chi connectivity index (χ1v) is 7.82. The minimum atomic E-state index is -5.18. The molecule has 1 N–H and O–H groups in total. The van der Waals surface area contributed by atoms with E-state index >= 15 is 0 Å². The Morgan fingerprint density at radius 2 is 1.86 bits per heavy atom. The van der Waals surface area contributed by atoms with Gasteiger partial charge in [-0.3, -0.25) is 9.36 Å². The van der Waals surface area contributed by atoms with Crippen LogP contribution >= 0.6 is 11.6 Å². The molecule has 1 aromatic heterocycles. The van der Waals surface area contributed by atoms with E-state index in [-0.39, 0.29) is 16.2 Å². The first-order valence-electron chi connectivity index (χ1n) is 7.44. The van der Waals surface area contributed by atoms with Gasteiger partial charge in [0, 0.05) is 24.3 Å². The molecule has 5 nitrogen and oxygen atoms in total. The van der Waals surface area contributed by atoms with E-state index in [2.05, 4.69) is 4.98 Å². The first kappa shape index (κ1) is 21.7. The molecule has 1 heterocycles. The molecule has 2 aromatic rings. The summed E-state index contributed by atoms with van der Waals surface area (Å²) >= 11 is 5.76. The molecule has 1 atom stereocenters. The normalized spacial score (nSPS) is 13.3. The molecular formula is C16H10ClF6N3O2. The lowest BCUT2D eigenvalue weighted by atomic mass is 10.0. The van der Waals surface area contributed by atoms with Crippen molar-refractivity contribution in [1.82, 2.24) is 9.55 Å². The second-order valence-corrected chi connectivity index (χ2v) is 6.13. The van der Waals surface area contributed by atoms with E-state index < -0.39 is 58.1 Å². The largest absolute Gasteiger partial charge is 0.450 e. The number of hydrogen-bond donors (Lipinski definition) is 1. The summed E-state index contributed by atoms with van der Waals surface area (Å²) in [6.45, 7) is 0.726. The lowest BCUT2D eigenvalue weighted by molar-refractivity contribution is -0.147. The van der Waals surface area contributed by atoms with Crippen molar-refractivity contribution in [3.05, 3.63) is 56.2 Å². The highest BCUT2D eigenvalue weighted by molar-refractivity contribution is 6.32. The summed E-state index contributed by atoms with van der Waals surface area (Å²) in [4.78, 5) is 15.8. The zero-order valence-electron chi connectivity index (χ0n) is 13.9. The molecule has 28 heavy (non-hydrogen) atoms. The maximum atomic E-state index is 13.4.